The quantitative estimate of drug-likeness (QED) is 0.840. The van der Waals surface area contributed by atoms with Gasteiger partial charge in [-0.25, -0.2) is 13.2 Å². The van der Waals surface area contributed by atoms with Crippen molar-refractivity contribution in [1.82, 2.24) is 4.31 Å². The Morgan fingerprint density at radius 2 is 2.11 bits per heavy atom. The fourth-order valence-electron chi connectivity index (χ4n) is 2.08. The molecule has 0 aromatic heterocycles. The van der Waals surface area contributed by atoms with Crippen LogP contribution >= 0.6 is 0 Å². The largest absolute Gasteiger partial charge is 0.478 e. The second-order valence-electron chi connectivity index (χ2n) is 4.59. The average molecular weight is 285 g/mol. The Morgan fingerprint density at radius 1 is 1.42 bits per heavy atom. The van der Waals surface area contributed by atoms with E-state index in [4.69, 9.17) is 5.11 Å². The molecule has 7 heteroatoms. The van der Waals surface area contributed by atoms with E-state index in [2.05, 4.69) is 0 Å². The molecule has 0 amide bonds. The number of β-amino-alcohol motifs (C(OH)–C–C–N with tert-alkyl or cyclic N) is 1. The summed E-state index contributed by atoms with van der Waals surface area (Å²) in [6.45, 7) is 1.92. The molecule has 2 N–H and O–H groups in total. The number of hydrogen-bond donors (Lipinski definition) is 2. The number of carbonyl (C=O) groups is 1. The average Bonchev–Trinajstić information content (AvgIpc) is 2.76. The number of aliphatic hydroxyl groups excluding tert-OH is 1. The van der Waals surface area contributed by atoms with Crippen molar-refractivity contribution < 1.29 is 23.4 Å². The Bertz CT molecular complexity index is 611. The van der Waals surface area contributed by atoms with Crippen molar-refractivity contribution in [3.63, 3.8) is 0 Å². The van der Waals surface area contributed by atoms with Crippen molar-refractivity contribution in [2.75, 3.05) is 13.1 Å². The molecule has 2 rings (SSSR count). The summed E-state index contributed by atoms with van der Waals surface area (Å²) >= 11 is 0. The first-order valence-electron chi connectivity index (χ1n) is 5.84. The number of rotatable bonds is 3. The predicted octanol–water partition coefficient (Wildman–Crippen LogP) is 0.449. The van der Waals surface area contributed by atoms with Crippen molar-refractivity contribution in [2.24, 2.45) is 0 Å². The fourth-order valence-corrected chi connectivity index (χ4v) is 3.82. The lowest BCUT2D eigenvalue weighted by Crippen LogP contribution is -2.30. The zero-order valence-electron chi connectivity index (χ0n) is 10.4. The van der Waals surface area contributed by atoms with Crippen molar-refractivity contribution >= 4 is 16.0 Å². The molecule has 1 aromatic carbocycles. The van der Waals surface area contributed by atoms with Crippen LogP contribution in [-0.4, -0.2) is 48.1 Å². The van der Waals surface area contributed by atoms with E-state index < -0.39 is 22.1 Å². The summed E-state index contributed by atoms with van der Waals surface area (Å²) in [5, 5.41) is 18.3. The van der Waals surface area contributed by atoms with Crippen molar-refractivity contribution in [2.45, 2.75) is 24.3 Å². The Hall–Kier alpha value is -1.44. The summed E-state index contributed by atoms with van der Waals surface area (Å²) < 4.78 is 26.0. The Morgan fingerprint density at radius 3 is 2.63 bits per heavy atom. The molecular weight excluding hydrogens is 270 g/mol. The fraction of sp³-hybridized carbons (Fsp3) is 0.417. The number of carboxylic acids is 1. The maximum absolute atomic E-state index is 12.4. The van der Waals surface area contributed by atoms with Gasteiger partial charge in [-0.3, -0.25) is 0 Å². The molecule has 0 aliphatic carbocycles. The predicted molar refractivity (Wildman–Crippen MR) is 67.5 cm³/mol. The highest BCUT2D eigenvalue weighted by molar-refractivity contribution is 7.89. The number of sulfonamides is 1. The van der Waals surface area contributed by atoms with Gasteiger partial charge in [0.25, 0.3) is 0 Å². The topological polar surface area (TPSA) is 94.9 Å². The van der Waals surface area contributed by atoms with E-state index in [9.17, 15) is 18.3 Å². The van der Waals surface area contributed by atoms with Gasteiger partial charge in [-0.15, -0.1) is 0 Å². The van der Waals surface area contributed by atoms with Crippen LogP contribution in [0.25, 0.3) is 0 Å². The van der Waals surface area contributed by atoms with Crippen LogP contribution in [0.15, 0.2) is 23.1 Å². The van der Waals surface area contributed by atoms with Crippen LogP contribution in [0.3, 0.4) is 0 Å². The molecule has 0 saturated carbocycles. The first kappa shape index (κ1) is 14.0. The number of aliphatic hydroxyl groups is 1. The molecule has 1 atom stereocenters. The molecule has 0 bridgehead atoms. The summed E-state index contributed by atoms with van der Waals surface area (Å²) in [7, 11) is -3.75. The number of aryl methyl sites for hydroxylation is 1. The first-order valence-corrected chi connectivity index (χ1v) is 7.28. The summed E-state index contributed by atoms with van der Waals surface area (Å²) in [4.78, 5) is 10.9. The highest BCUT2D eigenvalue weighted by atomic mass is 32.2. The van der Waals surface area contributed by atoms with Gasteiger partial charge >= 0.3 is 5.97 Å². The van der Waals surface area contributed by atoms with Crippen LogP contribution in [0.1, 0.15) is 22.3 Å². The number of nitrogens with zero attached hydrogens (tertiary/aromatic N) is 1. The monoisotopic (exact) mass is 285 g/mol. The third kappa shape index (κ3) is 2.63. The van der Waals surface area contributed by atoms with E-state index in [1.807, 2.05) is 0 Å². The third-order valence-electron chi connectivity index (χ3n) is 3.18. The SMILES string of the molecule is Cc1ccc(C(=O)O)cc1S(=O)(=O)N1CC[C@H](O)C1. The smallest absolute Gasteiger partial charge is 0.335 e. The van der Waals surface area contributed by atoms with Crippen LogP contribution in [0.5, 0.6) is 0 Å². The maximum atomic E-state index is 12.4. The van der Waals surface area contributed by atoms with Crippen LogP contribution in [0, 0.1) is 6.92 Å². The van der Waals surface area contributed by atoms with E-state index in [0.717, 1.165) is 6.07 Å². The van der Waals surface area contributed by atoms with Gasteiger partial charge in [0.2, 0.25) is 10.0 Å². The van der Waals surface area contributed by atoms with E-state index in [0.29, 0.717) is 12.0 Å². The lowest BCUT2D eigenvalue weighted by Gasteiger charge is -2.17. The van der Waals surface area contributed by atoms with E-state index >= 15 is 0 Å². The molecule has 1 heterocycles. The molecule has 1 aliphatic rings. The molecule has 0 unspecified atom stereocenters. The zero-order chi connectivity index (χ0) is 14.2. The van der Waals surface area contributed by atoms with Gasteiger partial charge in [0.15, 0.2) is 0 Å². The van der Waals surface area contributed by atoms with Gasteiger partial charge in [0.1, 0.15) is 0 Å². The maximum Gasteiger partial charge on any atom is 0.335 e. The molecule has 1 saturated heterocycles. The lowest BCUT2D eigenvalue weighted by molar-refractivity contribution is 0.0696. The minimum Gasteiger partial charge on any atom is -0.478 e. The van der Waals surface area contributed by atoms with Gasteiger partial charge in [-0.1, -0.05) is 6.07 Å². The third-order valence-corrected chi connectivity index (χ3v) is 5.19. The minimum atomic E-state index is -3.75. The van der Waals surface area contributed by atoms with E-state index in [1.165, 1.54) is 16.4 Å². The first-order chi connectivity index (χ1) is 8.82. The van der Waals surface area contributed by atoms with Gasteiger partial charge in [0, 0.05) is 13.1 Å². The summed E-state index contributed by atoms with van der Waals surface area (Å²) in [5.41, 5.74) is 0.426. The minimum absolute atomic E-state index is 0.0125. The lowest BCUT2D eigenvalue weighted by atomic mass is 10.1. The summed E-state index contributed by atoms with van der Waals surface area (Å²) in [6.07, 6.45) is -0.255. The van der Waals surface area contributed by atoms with Crippen LogP contribution in [-0.2, 0) is 10.0 Å². The highest BCUT2D eigenvalue weighted by Crippen LogP contribution is 2.24. The molecule has 1 aromatic rings. The summed E-state index contributed by atoms with van der Waals surface area (Å²) in [6, 6.07) is 4.01. The number of aromatic carboxylic acids is 1. The number of carboxylic acid groups (broad SMARTS) is 1. The van der Waals surface area contributed by atoms with Crippen molar-refractivity contribution in [1.29, 1.82) is 0 Å². The number of hydrogen-bond acceptors (Lipinski definition) is 4. The van der Waals surface area contributed by atoms with Crippen LogP contribution < -0.4 is 0 Å². The van der Waals surface area contributed by atoms with Gasteiger partial charge in [0.05, 0.1) is 16.6 Å². The van der Waals surface area contributed by atoms with Gasteiger partial charge in [-0.2, -0.15) is 4.31 Å². The van der Waals surface area contributed by atoms with Crippen molar-refractivity contribution in [3.8, 4) is 0 Å². The molecule has 6 nitrogen and oxygen atoms in total. The van der Waals surface area contributed by atoms with Gasteiger partial charge in [-0.05, 0) is 31.0 Å². The van der Waals surface area contributed by atoms with Crippen LogP contribution in [0.4, 0.5) is 0 Å². The highest BCUT2D eigenvalue weighted by Gasteiger charge is 2.32. The van der Waals surface area contributed by atoms with Gasteiger partial charge < -0.3 is 10.2 Å². The second-order valence-corrected chi connectivity index (χ2v) is 6.50. The Balaban J connectivity index is 2.45. The van der Waals surface area contributed by atoms with E-state index in [1.54, 1.807) is 6.92 Å². The molecular formula is C12H15NO5S. The Labute approximate surface area is 111 Å². The standard InChI is InChI=1S/C12H15NO5S/c1-8-2-3-9(12(15)16)6-11(8)19(17,18)13-5-4-10(14)7-13/h2-3,6,10,14H,4-5,7H2,1H3,(H,15,16)/t10-/m0/s1. The molecule has 0 radical (unpaired) electrons. The second kappa shape index (κ2) is 4.92. The van der Waals surface area contributed by atoms with Crippen molar-refractivity contribution in [3.05, 3.63) is 29.3 Å². The summed E-state index contributed by atoms with van der Waals surface area (Å²) in [5.74, 6) is -1.17. The molecule has 1 fully saturated rings. The molecule has 19 heavy (non-hydrogen) atoms. The molecule has 104 valence electrons. The normalized spacial score (nSPS) is 20.6. The Kier molecular flexibility index (Phi) is 3.62. The molecule has 0 spiro atoms. The van der Waals surface area contributed by atoms with E-state index in [-0.39, 0.29) is 23.5 Å². The molecule has 1 aliphatic heterocycles. The van der Waals surface area contributed by atoms with Crippen LogP contribution in [0.2, 0.25) is 0 Å². The number of benzene rings is 1. The zero-order valence-corrected chi connectivity index (χ0v) is 11.2.